The number of nitrogens with zero attached hydrogens (tertiary/aromatic N) is 1. The molecule has 8 heteroatoms. The van der Waals surface area contributed by atoms with Crippen LogP contribution in [-0.4, -0.2) is 37.4 Å². The van der Waals surface area contributed by atoms with Crippen LogP contribution in [0.1, 0.15) is 19.8 Å². The molecule has 17 heavy (non-hydrogen) atoms. The van der Waals surface area contributed by atoms with E-state index < -0.39 is 10.0 Å². The SMILES string of the molecule is CC1CC(NS(=O)(=O)c2cn[nH]c2N)CCO1. The summed E-state index contributed by atoms with van der Waals surface area (Å²) in [6, 6.07) is -0.113. The van der Waals surface area contributed by atoms with Crippen LogP contribution >= 0.6 is 0 Å². The fraction of sp³-hybridized carbons (Fsp3) is 0.667. The zero-order chi connectivity index (χ0) is 12.5. The van der Waals surface area contributed by atoms with Crippen molar-refractivity contribution in [1.82, 2.24) is 14.9 Å². The van der Waals surface area contributed by atoms with Crippen LogP contribution in [0.3, 0.4) is 0 Å². The van der Waals surface area contributed by atoms with Crippen molar-refractivity contribution < 1.29 is 13.2 Å². The second kappa shape index (κ2) is 4.63. The van der Waals surface area contributed by atoms with Crippen molar-refractivity contribution in [2.75, 3.05) is 12.3 Å². The van der Waals surface area contributed by atoms with Gasteiger partial charge in [0, 0.05) is 12.6 Å². The lowest BCUT2D eigenvalue weighted by atomic mass is 10.1. The van der Waals surface area contributed by atoms with Gasteiger partial charge in [-0.15, -0.1) is 0 Å². The van der Waals surface area contributed by atoms with Gasteiger partial charge in [-0.1, -0.05) is 0 Å². The molecule has 2 rings (SSSR count). The molecule has 0 spiro atoms. The summed E-state index contributed by atoms with van der Waals surface area (Å²) < 4.78 is 32.0. The molecule has 1 aromatic rings. The van der Waals surface area contributed by atoms with E-state index in [1.165, 1.54) is 6.20 Å². The number of sulfonamides is 1. The number of nitrogens with two attached hydrogens (primary N) is 1. The molecule has 4 N–H and O–H groups in total. The normalized spacial score (nSPS) is 25.9. The second-order valence-electron chi connectivity index (χ2n) is 4.17. The summed E-state index contributed by atoms with van der Waals surface area (Å²) >= 11 is 0. The minimum Gasteiger partial charge on any atom is -0.383 e. The van der Waals surface area contributed by atoms with Crippen LogP contribution in [0, 0.1) is 0 Å². The van der Waals surface area contributed by atoms with Crippen LogP contribution < -0.4 is 10.5 Å². The van der Waals surface area contributed by atoms with Crippen LogP contribution in [0.15, 0.2) is 11.1 Å². The van der Waals surface area contributed by atoms with E-state index in [2.05, 4.69) is 14.9 Å². The zero-order valence-corrected chi connectivity index (χ0v) is 10.3. The monoisotopic (exact) mass is 260 g/mol. The van der Waals surface area contributed by atoms with Gasteiger partial charge in [0.15, 0.2) is 0 Å². The molecule has 2 heterocycles. The number of hydrogen-bond donors (Lipinski definition) is 3. The number of nitrogen functional groups attached to an aromatic ring is 1. The average molecular weight is 260 g/mol. The van der Waals surface area contributed by atoms with E-state index in [0.717, 1.165) is 0 Å². The predicted octanol–water partition coefficient (Wildman–Crippen LogP) is -0.162. The number of aromatic nitrogens is 2. The van der Waals surface area contributed by atoms with Crippen LogP contribution in [0.25, 0.3) is 0 Å². The fourth-order valence-corrected chi connectivity index (χ4v) is 3.19. The molecule has 1 aromatic heterocycles. The van der Waals surface area contributed by atoms with E-state index in [1.807, 2.05) is 6.92 Å². The van der Waals surface area contributed by atoms with E-state index >= 15 is 0 Å². The Kier molecular flexibility index (Phi) is 3.36. The molecule has 0 saturated carbocycles. The van der Waals surface area contributed by atoms with E-state index in [9.17, 15) is 8.42 Å². The maximum absolute atomic E-state index is 12.0. The van der Waals surface area contributed by atoms with Gasteiger partial charge >= 0.3 is 0 Å². The van der Waals surface area contributed by atoms with Gasteiger partial charge in [0.25, 0.3) is 0 Å². The lowest BCUT2D eigenvalue weighted by Crippen LogP contribution is -2.41. The Labute approximate surface area is 99.8 Å². The molecule has 0 aliphatic carbocycles. The molecule has 7 nitrogen and oxygen atoms in total. The predicted molar refractivity (Wildman–Crippen MR) is 61.8 cm³/mol. The highest BCUT2D eigenvalue weighted by molar-refractivity contribution is 7.89. The number of H-pyrrole nitrogens is 1. The lowest BCUT2D eigenvalue weighted by molar-refractivity contribution is 0.0173. The first-order valence-corrected chi connectivity index (χ1v) is 6.90. The van der Waals surface area contributed by atoms with Crippen LogP contribution in [0.5, 0.6) is 0 Å². The van der Waals surface area contributed by atoms with Crippen molar-refractivity contribution in [3.8, 4) is 0 Å². The number of anilines is 1. The quantitative estimate of drug-likeness (QED) is 0.699. The first-order valence-electron chi connectivity index (χ1n) is 5.42. The number of hydrogen-bond acceptors (Lipinski definition) is 5. The Morgan fingerprint density at radius 2 is 2.41 bits per heavy atom. The first-order chi connectivity index (χ1) is 7.99. The standard InChI is InChI=1S/C9H16N4O3S/c1-6-4-7(2-3-16-6)13-17(14,15)8-5-11-12-9(8)10/h5-7,13H,2-4H2,1H3,(H3,10,11,12). The Morgan fingerprint density at radius 3 is 3.00 bits per heavy atom. The third-order valence-corrected chi connectivity index (χ3v) is 4.28. The number of ether oxygens (including phenoxy) is 1. The fourth-order valence-electron chi connectivity index (χ4n) is 1.89. The van der Waals surface area contributed by atoms with Gasteiger partial charge < -0.3 is 10.5 Å². The Bertz CT molecular complexity index is 484. The molecule has 1 saturated heterocycles. The van der Waals surface area contributed by atoms with Crippen LogP contribution in [-0.2, 0) is 14.8 Å². The first kappa shape index (κ1) is 12.3. The van der Waals surface area contributed by atoms with Gasteiger partial charge in [-0.25, -0.2) is 13.1 Å². The van der Waals surface area contributed by atoms with E-state index in [4.69, 9.17) is 10.5 Å². The van der Waals surface area contributed by atoms with E-state index in [1.54, 1.807) is 0 Å². The summed E-state index contributed by atoms with van der Waals surface area (Å²) in [5, 5.41) is 6.01. The molecule has 2 atom stereocenters. The van der Waals surface area contributed by atoms with Gasteiger partial charge in [0.2, 0.25) is 10.0 Å². The van der Waals surface area contributed by atoms with Crippen molar-refractivity contribution in [3.05, 3.63) is 6.20 Å². The van der Waals surface area contributed by atoms with Gasteiger partial charge in [-0.3, -0.25) is 5.10 Å². The largest absolute Gasteiger partial charge is 0.383 e. The van der Waals surface area contributed by atoms with Crippen molar-refractivity contribution in [2.45, 2.75) is 36.8 Å². The highest BCUT2D eigenvalue weighted by Gasteiger charge is 2.27. The van der Waals surface area contributed by atoms with Gasteiger partial charge in [0.1, 0.15) is 10.7 Å². The molecule has 1 aliphatic heterocycles. The molecule has 1 fully saturated rings. The Hall–Kier alpha value is -1.12. The summed E-state index contributed by atoms with van der Waals surface area (Å²) in [7, 11) is -3.59. The second-order valence-corrected chi connectivity index (χ2v) is 5.85. The van der Waals surface area contributed by atoms with Crippen LogP contribution in [0.4, 0.5) is 5.82 Å². The number of rotatable bonds is 3. The molecule has 0 radical (unpaired) electrons. The smallest absolute Gasteiger partial charge is 0.246 e. The highest BCUT2D eigenvalue weighted by atomic mass is 32.2. The van der Waals surface area contributed by atoms with Gasteiger partial charge in [-0.05, 0) is 19.8 Å². The topological polar surface area (TPSA) is 110 Å². The average Bonchev–Trinajstić information content (AvgIpc) is 2.64. The molecular formula is C9H16N4O3S. The lowest BCUT2D eigenvalue weighted by Gasteiger charge is -2.27. The van der Waals surface area contributed by atoms with E-state index in [-0.39, 0.29) is 22.9 Å². The molecule has 0 amide bonds. The Balaban J connectivity index is 2.10. The molecule has 0 bridgehead atoms. The molecule has 2 unspecified atom stereocenters. The third-order valence-electron chi connectivity index (χ3n) is 2.73. The van der Waals surface area contributed by atoms with Gasteiger partial charge in [0.05, 0.1) is 12.3 Å². The van der Waals surface area contributed by atoms with Crippen molar-refractivity contribution in [3.63, 3.8) is 0 Å². The third kappa shape index (κ3) is 2.76. The summed E-state index contributed by atoms with van der Waals surface area (Å²) in [6.07, 6.45) is 2.61. The van der Waals surface area contributed by atoms with Crippen molar-refractivity contribution >= 4 is 15.8 Å². The van der Waals surface area contributed by atoms with Crippen LogP contribution in [0.2, 0.25) is 0 Å². The van der Waals surface area contributed by atoms with Crippen molar-refractivity contribution in [1.29, 1.82) is 0 Å². The molecule has 96 valence electrons. The summed E-state index contributed by atoms with van der Waals surface area (Å²) in [5.41, 5.74) is 5.50. The Morgan fingerprint density at radius 1 is 1.65 bits per heavy atom. The van der Waals surface area contributed by atoms with Gasteiger partial charge in [-0.2, -0.15) is 5.10 Å². The minimum absolute atomic E-state index is 0.00311. The number of aromatic amines is 1. The molecular weight excluding hydrogens is 244 g/mol. The molecule has 1 aliphatic rings. The minimum atomic E-state index is -3.59. The maximum atomic E-state index is 12.0. The molecule has 0 aromatic carbocycles. The highest BCUT2D eigenvalue weighted by Crippen LogP contribution is 2.18. The van der Waals surface area contributed by atoms with Crippen molar-refractivity contribution in [2.24, 2.45) is 0 Å². The summed E-state index contributed by atoms with van der Waals surface area (Å²) in [5.74, 6) is 0.0533. The van der Waals surface area contributed by atoms with E-state index in [0.29, 0.717) is 19.4 Å². The zero-order valence-electron chi connectivity index (χ0n) is 9.51. The number of nitrogens with one attached hydrogen (secondary N) is 2. The maximum Gasteiger partial charge on any atom is 0.246 e. The summed E-state index contributed by atoms with van der Waals surface area (Å²) in [4.78, 5) is -0.00311. The summed E-state index contributed by atoms with van der Waals surface area (Å²) in [6.45, 7) is 2.49.